The predicted octanol–water partition coefficient (Wildman–Crippen LogP) is 2.78. The summed E-state index contributed by atoms with van der Waals surface area (Å²) in [4.78, 5) is 22.4. The molecule has 1 aromatic carbocycles. The fourth-order valence-electron chi connectivity index (χ4n) is 1.58. The van der Waals surface area contributed by atoms with E-state index in [1.165, 1.54) is 0 Å². The molecule has 0 aliphatic rings. The summed E-state index contributed by atoms with van der Waals surface area (Å²) in [5, 5.41) is 2.80. The van der Waals surface area contributed by atoms with Crippen molar-refractivity contribution < 1.29 is 14.3 Å². The highest BCUT2D eigenvalue weighted by molar-refractivity contribution is 5.90. The van der Waals surface area contributed by atoms with Crippen molar-refractivity contribution in [3.05, 3.63) is 24.3 Å². The summed E-state index contributed by atoms with van der Waals surface area (Å²) in [7, 11) is 1.59. The molecule has 0 radical (unpaired) electrons. The lowest BCUT2D eigenvalue weighted by atomic mass is 10.1. The van der Waals surface area contributed by atoms with Gasteiger partial charge in [0.05, 0.1) is 7.11 Å². The Morgan fingerprint density at radius 1 is 1.22 bits per heavy atom. The third-order valence-electron chi connectivity index (χ3n) is 2.54. The summed E-state index contributed by atoms with van der Waals surface area (Å²) in [5.74, 6) is 0.847. The van der Waals surface area contributed by atoms with E-state index in [9.17, 15) is 9.59 Å². The van der Waals surface area contributed by atoms with E-state index in [-0.39, 0.29) is 11.7 Å². The number of Topliss-reactive ketones (excluding diaryl/α,β-unsaturated/α-hetero) is 1. The van der Waals surface area contributed by atoms with Gasteiger partial charge in [-0.15, -0.1) is 0 Å². The van der Waals surface area contributed by atoms with Gasteiger partial charge in [0.1, 0.15) is 11.5 Å². The van der Waals surface area contributed by atoms with Crippen LogP contribution in [0.2, 0.25) is 0 Å². The van der Waals surface area contributed by atoms with Crippen LogP contribution in [-0.4, -0.2) is 18.8 Å². The minimum atomic E-state index is -0.0354. The van der Waals surface area contributed by atoms with Crippen LogP contribution in [0.15, 0.2) is 24.3 Å². The molecule has 0 saturated carbocycles. The Kier molecular flexibility index (Phi) is 5.91. The van der Waals surface area contributed by atoms with Crippen LogP contribution < -0.4 is 10.1 Å². The maximum Gasteiger partial charge on any atom is 0.224 e. The van der Waals surface area contributed by atoms with Gasteiger partial charge in [-0.25, -0.2) is 0 Å². The largest absolute Gasteiger partial charge is 0.497 e. The minimum absolute atomic E-state index is 0.0354. The average Bonchev–Trinajstić information content (AvgIpc) is 2.34. The first-order valence-electron chi connectivity index (χ1n) is 6.05. The molecule has 0 spiro atoms. The average molecular weight is 249 g/mol. The lowest BCUT2D eigenvalue weighted by Crippen LogP contribution is -2.11. The molecule has 0 aliphatic carbocycles. The zero-order chi connectivity index (χ0) is 13.4. The van der Waals surface area contributed by atoms with Crippen molar-refractivity contribution in [1.29, 1.82) is 0 Å². The Hall–Kier alpha value is -1.84. The summed E-state index contributed by atoms with van der Waals surface area (Å²) in [6, 6.07) is 7.23. The van der Waals surface area contributed by atoms with Gasteiger partial charge in [0.15, 0.2) is 0 Å². The monoisotopic (exact) mass is 249 g/mol. The highest BCUT2D eigenvalue weighted by atomic mass is 16.5. The number of benzene rings is 1. The highest BCUT2D eigenvalue weighted by Gasteiger charge is 2.03. The second-order valence-electron chi connectivity index (χ2n) is 4.19. The third-order valence-corrected chi connectivity index (χ3v) is 2.54. The molecule has 0 fully saturated rings. The van der Waals surface area contributed by atoms with Crippen molar-refractivity contribution in [1.82, 2.24) is 0 Å². The molecule has 0 heterocycles. The number of amides is 1. The molecule has 0 saturated heterocycles. The number of carbonyl (C=O) groups excluding carboxylic acids is 2. The number of hydrogen-bond donors (Lipinski definition) is 1. The van der Waals surface area contributed by atoms with Gasteiger partial charge in [0.25, 0.3) is 0 Å². The molecule has 0 unspecified atom stereocenters. The topological polar surface area (TPSA) is 55.4 Å². The highest BCUT2D eigenvalue weighted by Crippen LogP contribution is 2.17. The number of ether oxygens (including phenoxy) is 1. The molecular formula is C14H19NO3. The maximum absolute atomic E-state index is 11.6. The van der Waals surface area contributed by atoms with E-state index in [4.69, 9.17) is 4.74 Å². The number of hydrogen-bond acceptors (Lipinski definition) is 3. The van der Waals surface area contributed by atoms with Crippen LogP contribution in [0.1, 0.15) is 32.6 Å². The number of nitrogens with one attached hydrogen (secondary N) is 1. The molecule has 4 heteroatoms. The van der Waals surface area contributed by atoms with Gasteiger partial charge in [0.2, 0.25) is 5.91 Å². The van der Waals surface area contributed by atoms with Crippen molar-refractivity contribution >= 4 is 17.4 Å². The fraction of sp³-hybridized carbons (Fsp3) is 0.429. The molecule has 0 atom stereocenters. The summed E-state index contributed by atoms with van der Waals surface area (Å²) in [6.07, 6.45) is 2.48. The molecule has 0 aromatic heterocycles. The zero-order valence-electron chi connectivity index (χ0n) is 10.9. The molecule has 1 amide bonds. The first kappa shape index (κ1) is 14.2. The Morgan fingerprint density at radius 3 is 2.61 bits per heavy atom. The van der Waals surface area contributed by atoms with Crippen molar-refractivity contribution in [2.24, 2.45) is 0 Å². The molecular weight excluding hydrogens is 230 g/mol. The number of methoxy groups -OCH3 is 1. The van der Waals surface area contributed by atoms with E-state index in [0.29, 0.717) is 18.6 Å². The first-order chi connectivity index (χ1) is 8.61. The van der Waals surface area contributed by atoms with E-state index >= 15 is 0 Å². The Labute approximate surface area is 107 Å². The van der Waals surface area contributed by atoms with Crippen LogP contribution in [-0.2, 0) is 9.59 Å². The van der Waals surface area contributed by atoms with Crippen molar-refractivity contribution in [3.63, 3.8) is 0 Å². The molecule has 18 heavy (non-hydrogen) atoms. The smallest absolute Gasteiger partial charge is 0.224 e. The van der Waals surface area contributed by atoms with Gasteiger partial charge >= 0.3 is 0 Å². The lowest BCUT2D eigenvalue weighted by molar-refractivity contribution is -0.118. The molecule has 4 nitrogen and oxygen atoms in total. The third kappa shape index (κ3) is 5.48. The molecule has 0 bridgehead atoms. The number of ketones is 1. The van der Waals surface area contributed by atoms with E-state index in [1.807, 2.05) is 18.2 Å². The maximum atomic E-state index is 11.6. The number of carbonyl (C=O) groups is 2. The minimum Gasteiger partial charge on any atom is -0.497 e. The summed E-state index contributed by atoms with van der Waals surface area (Å²) in [5.41, 5.74) is 0.728. The lowest BCUT2D eigenvalue weighted by Gasteiger charge is -2.06. The molecule has 1 N–H and O–H groups in total. The Morgan fingerprint density at radius 2 is 1.94 bits per heavy atom. The van der Waals surface area contributed by atoms with Crippen LogP contribution in [0, 0.1) is 0 Å². The zero-order valence-corrected chi connectivity index (χ0v) is 10.9. The van der Waals surface area contributed by atoms with E-state index in [2.05, 4.69) is 5.32 Å². The van der Waals surface area contributed by atoms with Crippen molar-refractivity contribution in [2.45, 2.75) is 32.6 Å². The Bertz CT molecular complexity index is 415. The summed E-state index contributed by atoms with van der Waals surface area (Å²) >= 11 is 0. The quantitative estimate of drug-likeness (QED) is 0.756. The van der Waals surface area contributed by atoms with Gasteiger partial charge < -0.3 is 14.8 Å². The Balaban J connectivity index is 2.33. The van der Waals surface area contributed by atoms with Gasteiger partial charge in [-0.1, -0.05) is 6.07 Å². The van der Waals surface area contributed by atoms with Crippen LogP contribution in [0.5, 0.6) is 5.75 Å². The van der Waals surface area contributed by atoms with Crippen molar-refractivity contribution in [3.8, 4) is 5.75 Å². The van der Waals surface area contributed by atoms with E-state index < -0.39 is 0 Å². The molecule has 1 aromatic rings. The standard InChI is InChI=1S/C14H19NO3/c1-11(16)6-3-4-9-14(17)15-12-7-5-8-13(10-12)18-2/h5,7-8,10H,3-4,6,9H2,1-2H3,(H,15,17). The van der Waals surface area contributed by atoms with Crippen LogP contribution in [0.4, 0.5) is 5.69 Å². The van der Waals surface area contributed by atoms with Gasteiger partial charge in [-0.2, -0.15) is 0 Å². The van der Waals surface area contributed by atoms with Crippen molar-refractivity contribution in [2.75, 3.05) is 12.4 Å². The molecule has 98 valence electrons. The second kappa shape index (κ2) is 7.48. The number of anilines is 1. The van der Waals surface area contributed by atoms with Gasteiger partial charge in [0, 0.05) is 24.6 Å². The van der Waals surface area contributed by atoms with Gasteiger partial charge in [-0.05, 0) is 31.9 Å². The van der Waals surface area contributed by atoms with Crippen LogP contribution in [0.25, 0.3) is 0 Å². The van der Waals surface area contributed by atoms with E-state index in [1.54, 1.807) is 20.1 Å². The molecule has 1 rings (SSSR count). The number of rotatable bonds is 7. The predicted molar refractivity (Wildman–Crippen MR) is 70.8 cm³/mol. The summed E-state index contributed by atoms with van der Waals surface area (Å²) < 4.78 is 5.07. The van der Waals surface area contributed by atoms with Crippen LogP contribution in [0.3, 0.4) is 0 Å². The second-order valence-corrected chi connectivity index (χ2v) is 4.19. The fourth-order valence-corrected chi connectivity index (χ4v) is 1.58. The van der Waals surface area contributed by atoms with Gasteiger partial charge in [-0.3, -0.25) is 4.79 Å². The SMILES string of the molecule is COc1cccc(NC(=O)CCCCC(C)=O)c1. The first-order valence-corrected chi connectivity index (χ1v) is 6.05. The molecule has 0 aliphatic heterocycles. The van der Waals surface area contributed by atoms with E-state index in [0.717, 1.165) is 18.5 Å². The van der Waals surface area contributed by atoms with Crippen LogP contribution >= 0.6 is 0 Å². The number of unbranched alkanes of at least 4 members (excludes halogenated alkanes) is 1. The normalized spacial score (nSPS) is 9.89. The summed E-state index contributed by atoms with van der Waals surface area (Å²) in [6.45, 7) is 1.57.